The first kappa shape index (κ1) is 15.5. The molecule has 102 valence electrons. The smallest absolute Gasteiger partial charge is 0.0440 e. The van der Waals surface area contributed by atoms with Crippen molar-refractivity contribution in [3.63, 3.8) is 0 Å². The van der Waals surface area contributed by atoms with Crippen molar-refractivity contribution in [1.29, 1.82) is 0 Å². The predicted molar refractivity (Wildman–Crippen MR) is 81.6 cm³/mol. The van der Waals surface area contributed by atoms with Gasteiger partial charge in [-0.05, 0) is 74.9 Å². The Balaban J connectivity index is 2.29. The Morgan fingerprint density at radius 2 is 1.78 bits per heavy atom. The van der Waals surface area contributed by atoms with Crippen LogP contribution in [-0.2, 0) is 6.42 Å². The molecule has 1 rings (SSSR count). The largest absolute Gasteiger partial charge is 0.316 e. The van der Waals surface area contributed by atoms with Gasteiger partial charge in [0.1, 0.15) is 0 Å². The highest BCUT2D eigenvalue weighted by Gasteiger charge is 2.03. The first-order valence-electron chi connectivity index (χ1n) is 6.97. The molecular weight excluding hydrogens is 242 g/mol. The Hall–Kier alpha value is -0.530. The molecule has 0 fully saturated rings. The summed E-state index contributed by atoms with van der Waals surface area (Å²) in [5, 5.41) is 4.40. The zero-order valence-electron chi connectivity index (χ0n) is 12.1. The van der Waals surface area contributed by atoms with Crippen molar-refractivity contribution in [2.45, 2.75) is 47.0 Å². The average molecular weight is 268 g/mol. The summed E-state index contributed by atoms with van der Waals surface area (Å²) in [6, 6.07) is 4.32. The van der Waals surface area contributed by atoms with Gasteiger partial charge >= 0.3 is 0 Å². The molecule has 0 aliphatic heterocycles. The highest BCUT2D eigenvalue weighted by atomic mass is 35.5. The lowest BCUT2D eigenvalue weighted by Gasteiger charge is -2.09. The fourth-order valence-electron chi connectivity index (χ4n) is 1.99. The van der Waals surface area contributed by atoms with E-state index in [4.69, 9.17) is 11.6 Å². The first-order chi connectivity index (χ1) is 8.50. The molecule has 0 radical (unpaired) electrons. The van der Waals surface area contributed by atoms with Crippen LogP contribution in [0.1, 0.15) is 43.4 Å². The maximum absolute atomic E-state index is 6.27. The van der Waals surface area contributed by atoms with Crippen LogP contribution in [0.25, 0.3) is 0 Å². The van der Waals surface area contributed by atoms with Gasteiger partial charge in [0, 0.05) is 5.02 Å². The van der Waals surface area contributed by atoms with Gasteiger partial charge in [0.25, 0.3) is 0 Å². The molecule has 1 N–H and O–H groups in total. The minimum atomic E-state index is 0.735. The molecule has 0 bridgehead atoms. The standard InChI is InChI=1S/C16H26ClN/c1-12(2)11-18-8-6-5-7-15-9-13(3)14(4)10-16(15)17/h9-10,12,18H,5-8,11H2,1-4H3. The molecule has 0 unspecified atom stereocenters. The van der Waals surface area contributed by atoms with Crippen LogP contribution in [0.4, 0.5) is 0 Å². The number of nitrogens with one attached hydrogen (secondary N) is 1. The molecule has 0 aliphatic carbocycles. The Morgan fingerprint density at radius 3 is 2.44 bits per heavy atom. The molecule has 2 heteroatoms. The molecular formula is C16H26ClN. The van der Waals surface area contributed by atoms with Crippen LogP contribution < -0.4 is 5.32 Å². The SMILES string of the molecule is Cc1cc(Cl)c(CCCCNCC(C)C)cc1C. The van der Waals surface area contributed by atoms with Crippen molar-refractivity contribution >= 4 is 11.6 Å². The summed E-state index contributed by atoms with van der Waals surface area (Å²) in [5.41, 5.74) is 3.92. The third-order valence-corrected chi connectivity index (χ3v) is 3.62. The number of benzene rings is 1. The van der Waals surface area contributed by atoms with Crippen LogP contribution in [0.5, 0.6) is 0 Å². The lowest BCUT2D eigenvalue weighted by Crippen LogP contribution is -2.20. The zero-order valence-corrected chi connectivity index (χ0v) is 12.9. The van der Waals surface area contributed by atoms with Crippen molar-refractivity contribution in [3.05, 3.63) is 33.8 Å². The summed E-state index contributed by atoms with van der Waals surface area (Å²) >= 11 is 6.27. The topological polar surface area (TPSA) is 12.0 Å². The quantitative estimate of drug-likeness (QED) is 0.716. The third kappa shape index (κ3) is 5.41. The van der Waals surface area contributed by atoms with E-state index < -0.39 is 0 Å². The molecule has 0 aromatic heterocycles. The van der Waals surface area contributed by atoms with E-state index in [1.165, 1.54) is 29.5 Å². The van der Waals surface area contributed by atoms with E-state index in [1.807, 2.05) is 0 Å². The molecule has 0 spiro atoms. The van der Waals surface area contributed by atoms with Gasteiger partial charge in [0.05, 0.1) is 0 Å². The van der Waals surface area contributed by atoms with E-state index in [9.17, 15) is 0 Å². The third-order valence-electron chi connectivity index (χ3n) is 3.26. The van der Waals surface area contributed by atoms with E-state index in [2.05, 4.69) is 45.1 Å². The Kier molecular flexibility index (Phi) is 6.73. The van der Waals surface area contributed by atoms with Crippen molar-refractivity contribution in [2.24, 2.45) is 5.92 Å². The van der Waals surface area contributed by atoms with E-state index in [-0.39, 0.29) is 0 Å². The monoisotopic (exact) mass is 267 g/mol. The van der Waals surface area contributed by atoms with Crippen LogP contribution >= 0.6 is 11.6 Å². The number of hydrogen-bond acceptors (Lipinski definition) is 1. The molecule has 1 aromatic rings. The first-order valence-corrected chi connectivity index (χ1v) is 7.35. The van der Waals surface area contributed by atoms with Gasteiger partial charge in [-0.15, -0.1) is 0 Å². The zero-order chi connectivity index (χ0) is 13.5. The van der Waals surface area contributed by atoms with E-state index in [0.717, 1.165) is 30.5 Å². The van der Waals surface area contributed by atoms with Crippen LogP contribution in [0.2, 0.25) is 5.02 Å². The Morgan fingerprint density at radius 1 is 1.11 bits per heavy atom. The summed E-state index contributed by atoms with van der Waals surface area (Å²) in [6.07, 6.45) is 3.51. The second-order valence-electron chi connectivity index (χ2n) is 5.58. The Bertz CT molecular complexity index is 372. The number of unbranched alkanes of at least 4 members (excludes halogenated alkanes) is 1. The molecule has 0 aliphatic rings. The predicted octanol–water partition coefficient (Wildman–Crippen LogP) is 4.53. The molecule has 0 atom stereocenters. The molecule has 0 amide bonds. The fourth-order valence-corrected chi connectivity index (χ4v) is 2.30. The average Bonchev–Trinajstić information content (AvgIpc) is 2.29. The fraction of sp³-hybridized carbons (Fsp3) is 0.625. The van der Waals surface area contributed by atoms with Gasteiger partial charge in [-0.3, -0.25) is 0 Å². The maximum atomic E-state index is 6.27. The minimum Gasteiger partial charge on any atom is -0.316 e. The molecule has 1 aromatic carbocycles. The maximum Gasteiger partial charge on any atom is 0.0440 e. The van der Waals surface area contributed by atoms with Crippen LogP contribution in [-0.4, -0.2) is 13.1 Å². The molecule has 18 heavy (non-hydrogen) atoms. The van der Waals surface area contributed by atoms with Gasteiger partial charge in [0.15, 0.2) is 0 Å². The summed E-state index contributed by atoms with van der Waals surface area (Å²) in [7, 11) is 0. The van der Waals surface area contributed by atoms with E-state index in [0.29, 0.717) is 0 Å². The number of rotatable bonds is 7. The summed E-state index contributed by atoms with van der Waals surface area (Å²) in [4.78, 5) is 0. The van der Waals surface area contributed by atoms with Gasteiger partial charge in [-0.2, -0.15) is 0 Å². The van der Waals surface area contributed by atoms with Crippen LogP contribution in [0.3, 0.4) is 0 Å². The van der Waals surface area contributed by atoms with E-state index in [1.54, 1.807) is 0 Å². The Labute approximate surface area is 117 Å². The normalized spacial score (nSPS) is 11.2. The van der Waals surface area contributed by atoms with Crippen molar-refractivity contribution in [3.8, 4) is 0 Å². The van der Waals surface area contributed by atoms with Crippen molar-refractivity contribution < 1.29 is 0 Å². The molecule has 0 saturated carbocycles. The lowest BCUT2D eigenvalue weighted by molar-refractivity contribution is 0.535. The van der Waals surface area contributed by atoms with Gasteiger partial charge in [-0.1, -0.05) is 31.5 Å². The molecule has 0 saturated heterocycles. The highest BCUT2D eigenvalue weighted by molar-refractivity contribution is 6.31. The summed E-state index contributed by atoms with van der Waals surface area (Å²) in [6.45, 7) is 11.0. The summed E-state index contributed by atoms with van der Waals surface area (Å²) < 4.78 is 0. The number of halogens is 1. The molecule has 1 nitrogen and oxygen atoms in total. The van der Waals surface area contributed by atoms with Crippen LogP contribution in [0.15, 0.2) is 12.1 Å². The summed E-state index contributed by atoms with van der Waals surface area (Å²) in [5.74, 6) is 0.735. The molecule has 0 heterocycles. The second kappa shape index (κ2) is 7.81. The van der Waals surface area contributed by atoms with Gasteiger partial charge in [0.2, 0.25) is 0 Å². The van der Waals surface area contributed by atoms with Crippen molar-refractivity contribution in [1.82, 2.24) is 5.32 Å². The second-order valence-corrected chi connectivity index (χ2v) is 5.99. The minimum absolute atomic E-state index is 0.735. The number of hydrogen-bond donors (Lipinski definition) is 1. The number of aryl methyl sites for hydroxylation is 3. The van der Waals surface area contributed by atoms with Crippen LogP contribution in [0, 0.1) is 19.8 Å². The van der Waals surface area contributed by atoms with Crippen molar-refractivity contribution in [2.75, 3.05) is 13.1 Å². The van der Waals surface area contributed by atoms with Gasteiger partial charge in [-0.25, -0.2) is 0 Å². The van der Waals surface area contributed by atoms with Gasteiger partial charge < -0.3 is 5.32 Å². The lowest BCUT2D eigenvalue weighted by atomic mass is 10.0. The highest BCUT2D eigenvalue weighted by Crippen LogP contribution is 2.22. The van der Waals surface area contributed by atoms with E-state index >= 15 is 0 Å².